The zero-order valence-electron chi connectivity index (χ0n) is 9.82. The van der Waals surface area contributed by atoms with E-state index in [1.54, 1.807) is 23.8 Å². The van der Waals surface area contributed by atoms with Crippen LogP contribution in [0.15, 0.2) is 12.3 Å². The van der Waals surface area contributed by atoms with Gasteiger partial charge in [0.1, 0.15) is 5.69 Å². The third-order valence-corrected chi connectivity index (χ3v) is 2.65. The number of carboxylic acids is 1. The van der Waals surface area contributed by atoms with Gasteiger partial charge >= 0.3 is 5.97 Å². The van der Waals surface area contributed by atoms with Crippen LogP contribution < -0.4 is 0 Å². The Bertz CT molecular complexity index is 438. The number of rotatable bonds is 4. The van der Waals surface area contributed by atoms with Crippen LogP contribution in [0.3, 0.4) is 0 Å². The molecule has 4 nitrogen and oxygen atoms in total. The minimum atomic E-state index is -0.919. The Morgan fingerprint density at radius 1 is 1.62 bits per heavy atom. The summed E-state index contributed by atoms with van der Waals surface area (Å²) in [6.45, 7) is 6.03. The molecule has 1 aromatic rings. The summed E-state index contributed by atoms with van der Waals surface area (Å²) in [5.74, 6) is -0.919. The Labute approximate surface area is 95.1 Å². The average molecular weight is 220 g/mol. The molecule has 4 heteroatoms. The maximum absolute atomic E-state index is 11.0. The van der Waals surface area contributed by atoms with Gasteiger partial charge in [0.05, 0.1) is 11.5 Å². The summed E-state index contributed by atoms with van der Waals surface area (Å²) in [5.41, 5.74) is 0.643. The van der Waals surface area contributed by atoms with E-state index < -0.39 is 11.4 Å². The topological polar surface area (TPSA) is 66.0 Å². The molecule has 86 valence electrons. The molecule has 0 spiro atoms. The zero-order valence-corrected chi connectivity index (χ0v) is 9.82. The summed E-state index contributed by atoms with van der Waals surface area (Å²) in [6.07, 6.45) is 2.39. The minimum Gasteiger partial charge on any atom is -0.477 e. The number of carbonyl (C=O) groups is 1. The lowest BCUT2D eigenvalue weighted by atomic mass is 9.91. The molecule has 0 aliphatic carbocycles. The molecule has 0 unspecified atom stereocenters. The Hall–Kier alpha value is -1.76. The molecule has 1 N–H and O–H groups in total. The Morgan fingerprint density at radius 2 is 2.25 bits per heavy atom. The predicted molar refractivity (Wildman–Crippen MR) is 60.1 cm³/mol. The van der Waals surface area contributed by atoms with E-state index in [1.165, 1.54) is 0 Å². The van der Waals surface area contributed by atoms with Gasteiger partial charge in [-0.2, -0.15) is 5.26 Å². The molecule has 0 saturated heterocycles. The number of aryl methyl sites for hydroxylation is 2. The van der Waals surface area contributed by atoms with Crippen LogP contribution in [0.5, 0.6) is 0 Å². The number of nitriles is 1. The molecule has 0 bridgehead atoms. The smallest absolute Gasteiger partial charge is 0.352 e. The average Bonchev–Trinajstić information content (AvgIpc) is 2.57. The molecule has 0 atom stereocenters. The first-order valence-corrected chi connectivity index (χ1v) is 5.17. The van der Waals surface area contributed by atoms with Crippen molar-refractivity contribution in [2.75, 3.05) is 0 Å². The number of nitrogens with zero attached hydrogens (tertiary/aromatic N) is 2. The van der Waals surface area contributed by atoms with Gasteiger partial charge < -0.3 is 9.67 Å². The van der Waals surface area contributed by atoms with Crippen molar-refractivity contribution in [3.8, 4) is 6.07 Å². The summed E-state index contributed by atoms with van der Waals surface area (Å²) in [4.78, 5) is 11.0. The van der Waals surface area contributed by atoms with Crippen LogP contribution in [0.1, 0.15) is 36.3 Å². The van der Waals surface area contributed by atoms with Crippen LogP contribution in [-0.4, -0.2) is 15.6 Å². The molecule has 0 fully saturated rings. The Kier molecular flexibility index (Phi) is 3.38. The molecule has 1 heterocycles. The molecule has 0 amide bonds. The van der Waals surface area contributed by atoms with E-state index in [2.05, 4.69) is 6.07 Å². The number of hydrogen-bond donors (Lipinski definition) is 1. The first-order chi connectivity index (χ1) is 7.37. The highest BCUT2D eigenvalue weighted by Crippen LogP contribution is 2.21. The lowest BCUT2D eigenvalue weighted by Crippen LogP contribution is -2.15. The third kappa shape index (κ3) is 2.63. The van der Waals surface area contributed by atoms with Crippen LogP contribution in [0.4, 0.5) is 0 Å². The third-order valence-electron chi connectivity index (χ3n) is 2.65. The second-order valence-electron chi connectivity index (χ2n) is 4.59. The van der Waals surface area contributed by atoms with Gasteiger partial charge in [0.25, 0.3) is 0 Å². The summed E-state index contributed by atoms with van der Waals surface area (Å²) in [5, 5.41) is 17.9. The molecule has 0 aromatic carbocycles. The van der Waals surface area contributed by atoms with E-state index in [0.717, 1.165) is 5.56 Å². The van der Waals surface area contributed by atoms with Gasteiger partial charge in [-0.15, -0.1) is 0 Å². The zero-order chi connectivity index (χ0) is 12.3. The number of carboxylic acid groups (broad SMARTS) is 1. The molecule has 1 rings (SSSR count). The molecule has 0 saturated carbocycles. The highest BCUT2D eigenvalue weighted by molar-refractivity contribution is 5.87. The molecular formula is C12H16N2O2. The van der Waals surface area contributed by atoms with Crippen molar-refractivity contribution in [1.29, 1.82) is 5.26 Å². The molecule has 0 radical (unpaired) electrons. The van der Waals surface area contributed by atoms with Crippen molar-refractivity contribution in [1.82, 2.24) is 4.57 Å². The largest absolute Gasteiger partial charge is 0.477 e. The van der Waals surface area contributed by atoms with Gasteiger partial charge in [-0.3, -0.25) is 0 Å². The van der Waals surface area contributed by atoms with Crippen molar-refractivity contribution in [2.24, 2.45) is 5.41 Å². The summed E-state index contributed by atoms with van der Waals surface area (Å²) >= 11 is 0. The van der Waals surface area contributed by atoms with Gasteiger partial charge in [-0.05, 0) is 38.8 Å². The van der Waals surface area contributed by atoms with Crippen LogP contribution in [0.2, 0.25) is 0 Å². The highest BCUT2D eigenvalue weighted by atomic mass is 16.4. The SMILES string of the molecule is Cc1ccn(CCC(C)(C)C#N)c1C(=O)O. The minimum absolute atomic E-state index is 0.314. The van der Waals surface area contributed by atoms with Crippen molar-refractivity contribution in [2.45, 2.75) is 33.7 Å². The van der Waals surface area contributed by atoms with E-state index in [0.29, 0.717) is 18.7 Å². The van der Waals surface area contributed by atoms with Gasteiger partial charge in [0.2, 0.25) is 0 Å². The van der Waals surface area contributed by atoms with E-state index in [4.69, 9.17) is 10.4 Å². The van der Waals surface area contributed by atoms with E-state index in [1.807, 2.05) is 13.8 Å². The standard InChI is InChI=1S/C12H16N2O2/c1-9-4-6-14(10(9)11(15)16)7-5-12(2,3)8-13/h4,6H,5,7H2,1-3H3,(H,15,16). The van der Waals surface area contributed by atoms with Gasteiger partial charge in [-0.1, -0.05) is 0 Å². The second-order valence-corrected chi connectivity index (χ2v) is 4.59. The van der Waals surface area contributed by atoms with E-state index in [-0.39, 0.29) is 0 Å². The molecule has 1 aromatic heterocycles. The summed E-state index contributed by atoms with van der Waals surface area (Å²) in [6, 6.07) is 3.99. The normalized spacial score (nSPS) is 11.1. The molecular weight excluding hydrogens is 204 g/mol. The van der Waals surface area contributed by atoms with E-state index in [9.17, 15) is 4.79 Å². The van der Waals surface area contributed by atoms with Crippen molar-refractivity contribution in [3.63, 3.8) is 0 Å². The van der Waals surface area contributed by atoms with Crippen LogP contribution in [-0.2, 0) is 6.54 Å². The maximum atomic E-state index is 11.0. The van der Waals surface area contributed by atoms with E-state index >= 15 is 0 Å². The van der Waals surface area contributed by atoms with Gasteiger partial charge in [-0.25, -0.2) is 4.79 Å². The fourth-order valence-electron chi connectivity index (χ4n) is 1.52. The lowest BCUT2D eigenvalue weighted by Gasteiger charge is -2.16. The summed E-state index contributed by atoms with van der Waals surface area (Å²) < 4.78 is 1.69. The second kappa shape index (κ2) is 4.40. The Balaban J connectivity index is 2.84. The fourth-order valence-corrected chi connectivity index (χ4v) is 1.52. The van der Waals surface area contributed by atoms with Crippen molar-refractivity contribution in [3.05, 3.63) is 23.5 Å². The first-order valence-electron chi connectivity index (χ1n) is 5.17. The predicted octanol–water partition coefficient (Wildman–Crippen LogP) is 2.43. The first kappa shape index (κ1) is 12.3. The van der Waals surface area contributed by atoms with Crippen molar-refractivity contribution < 1.29 is 9.90 Å². The summed E-state index contributed by atoms with van der Waals surface area (Å²) in [7, 11) is 0. The molecule has 0 aliphatic rings. The quantitative estimate of drug-likeness (QED) is 0.847. The lowest BCUT2D eigenvalue weighted by molar-refractivity contribution is 0.0683. The maximum Gasteiger partial charge on any atom is 0.352 e. The van der Waals surface area contributed by atoms with Crippen LogP contribution in [0, 0.1) is 23.7 Å². The van der Waals surface area contributed by atoms with Crippen LogP contribution >= 0.6 is 0 Å². The highest BCUT2D eigenvalue weighted by Gasteiger charge is 2.19. The number of hydrogen-bond acceptors (Lipinski definition) is 2. The van der Waals surface area contributed by atoms with Crippen LogP contribution in [0.25, 0.3) is 0 Å². The molecule has 16 heavy (non-hydrogen) atoms. The fraction of sp³-hybridized carbons (Fsp3) is 0.500. The number of aromatic nitrogens is 1. The Morgan fingerprint density at radius 3 is 2.75 bits per heavy atom. The number of aromatic carboxylic acids is 1. The van der Waals surface area contributed by atoms with Crippen molar-refractivity contribution >= 4 is 5.97 Å². The van der Waals surface area contributed by atoms with Gasteiger partial charge in [0.15, 0.2) is 0 Å². The monoisotopic (exact) mass is 220 g/mol. The van der Waals surface area contributed by atoms with Gasteiger partial charge in [0, 0.05) is 12.7 Å². The molecule has 0 aliphatic heterocycles.